The lowest BCUT2D eigenvalue weighted by atomic mass is 9.83. The van der Waals surface area contributed by atoms with E-state index in [1.165, 1.54) is 0 Å². The van der Waals surface area contributed by atoms with Crippen molar-refractivity contribution in [2.75, 3.05) is 0 Å². The monoisotopic (exact) mass is 288 g/mol. The average molecular weight is 288 g/mol. The molecule has 0 amide bonds. The van der Waals surface area contributed by atoms with Gasteiger partial charge in [-0.3, -0.25) is 0 Å². The zero-order valence-corrected chi connectivity index (χ0v) is 12.3. The molecule has 0 unspecified atom stereocenters. The van der Waals surface area contributed by atoms with E-state index in [-0.39, 0.29) is 11.8 Å². The van der Waals surface area contributed by atoms with Crippen LogP contribution in [0.4, 0.5) is 0 Å². The van der Waals surface area contributed by atoms with Crippen LogP contribution in [-0.4, -0.2) is 0 Å². The molecule has 1 atom stereocenters. The Bertz CT molecular complexity index is 783. The van der Waals surface area contributed by atoms with Gasteiger partial charge in [0.25, 0.3) is 0 Å². The number of ether oxygens (including phenoxy) is 1. The lowest BCUT2D eigenvalue weighted by molar-refractivity contribution is 0.355. The fourth-order valence-corrected chi connectivity index (χ4v) is 2.79. The Morgan fingerprint density at radius 3 is 2.18 bits per heavy atom. The predicted molar refractivity (Wildman–Crippen MR) is 86.1 cm³/mol. The van der Waals surface area contributed by atoms with Gasteiger partial charge in [0.15, 0.2) is 0 Å². The number of benzene rings is 2. The largest absolute Gasteiger partial charge is 0.440 e. The molecular weight excluding hydrogens is 272 g/mol. The molecule has 0 radical (unpaired) electrons. The number of allylic oxidation sites excluding steroid dienone is 2. The van der Waals surface area contributed by atoms with Crippen molar-refractivity contribution in [3.8, 4) is 6.07 Å². The van der Waals surface area contributed by atoms with E-state index in [9.17, 15) is 5.26 Å². The first-order valence-corrected chi connectivity index (χ1v) is 7.11. The van der Waals surface area contributed by atoms with Crippen molar-refractivity contribution < 1.29 is 4.74 Å². The summed E-state index contributed by atoms with van der Waals surface area (Å²) in [5, 5.41) is 9.48. The average Bonchev–Trinajstić information content (AvgIpc) is 2.57. The van der Waals surface area contributed by atoms with Gasteiger partial charge in [-0.15, -0.1) is 0 Å². The quantitative estimate of drug-likeness (QED) is 0.911. The van der Waals surface area contributed by atoms with Crippen molar-refractivity contribution >= 4 is 5.76 Å². The molecule has 2 aromatic rings. The summed E-state index contributed by atoms with van der Waals surface area (Å²) in [6, 6.07) is 21.9. The maximum Gasteiger partial charge on any atom is 0.205 e. The molecule has 0 saturated carbocycles. The molecule has 0 spiro atoms. The van der Waals surface area contributed by atoms with Crippen molar-refractivity contribution in [1.29, 1.82) is 5.26 Å². The third-order valence-electron chi connectivity index (χ3n) is 3.85. The summed E-state index contributed by atoms with van der Waals surface area (Å²) in [7, 11) is 0. The summed E-state index contributed by atoms with van der Waals surface area (Å²) in [4.78, 5) is 0. The summed E-state index contributed by atoms with van der Waals surface area (Å²) in [6.45, 7) is 1.99. The third-order valence-corrected chi connectivity index (χ3v) is 3.85. The molecule has 0 aliphatic carbocycles. The van der Waals surface area contributed by atoms with Crippen LogP contribution in [-0.2, 0) is 4.74 Å². The Morgan fingerprint density at radius 1 is 1.00 bits per heavy atom. The first-order chi connectivity index (χ1) is 10.7. The summed E-state index contributed by atoms with van der Waals surface area (Å²) in [5.41, 5.74) is 9.46. The van der Waals surface area contributed by atoms with Crippen molar-refractivity contribution in [2.45, 2.75) is 12.8 Å². The second-order valence-electron chi connectivity index (χ2n) is 5.21. The lowest BCUT2D eigenvalue weighted by Gasteiger charge is -2.27. The van der Waals surface area contributed by atoms with Crippen LogP contribution < -0.4 is 5.73 Å². The van der Waals surface area contributed by atoms with E-state index in [1.807, 2.05) is 67.6 Å². The topological polar surface area (TPSA) is 59.0 Å². The summed E-state index contributed by atoms with van der Waals surface area (Å²) in [6.07, 6.45) is 0. The minimum absolute atomic E-state index is 0.171. The summed E-state index contributed by atoms with van der Waals surface area (Å²) < 4.78 is 5.75. The molecule has 1 aliphatic heterocycles. The highest BCUT2D eigenvalue weighted by Gasteiger charge is 2.30. The molecule has 3 rings (SSSR count). The van der Waals surface area contributed by atoms with E-state index < -0.39 is 0 Å². The second-order valence-corrected chi connectivity index (χ2v) is 5.21. The molecule has 0 saturated heterocycles. The van der Waals surface area contributed by atoms with Gasteiger partial charge in [-0.1, -0.05) is 60.7 Å². The van der Waals surface area contributed by atoms with Crippen molar-refractivity contribution in [3.63, 3.8) is 0 Å². The zero-order chi connectivity index (χ0) is 15.5. The highest BCUT2D eigenvalue weighted by molar-refractivity contribution is 5.69. The SMILES string of the molecule is CC1=C(c2ccccc2)OC(N)=C(C#N)[C@H]1c1ccccc1. The van der Waals surface area contributed by atoms with Gasteiger partial charge in [0.1, 0.15) is 17.4 Å². The fourth-order valence-electron chi connectivity index (χ4n) is 2.79. The minimum Gasteiger partial charge on any atom is -0.440 e. The molecule has 1 heterocycles. The van der Waals surface area contributed by atoms with E-state index in [2.05, 4.69) is 6.07 Å². The van der Waals surface area contributed by atoms with Gasteiger partial charge >= 0.3 is 0 Å². The van der Waals surface area contributed by atoms with Crippen molar-refractivity contribution in [2.24, 2.45) is 5.73 Å². The van der Waals surface area contributed by atoms with E-state index in [1.54, 1.807) is 0 Å². The first kappa shape index (κ1) is 14.0. The van der Waals surface area contributed by atoms with Crippen LogP contribution in [0, 0.1) is 11.3 Å². The Kier molecular flexibility index (Phi) is 3.67. The fraction of sp³-hybridized carbons (Fsp3) is 0.105. The summed E-state index contributed by atoms with van der Waals surface area (Å²) >= 11 is 0. The Labute approximate surface area is 130 Å². The second kappa shape index (κ2) is 5.79. The number of nitrogens with two attached hydrogens (primary N) is 1. The van der Waals surface area contributed by atoms with Crippen LogP contribution in [0.3, 0.4) is 0 Å². The molecular formula is C19H16N2O. The van der Waals surface area contributed by atoms with Crippen LogP contribution in [0.2, 0.25) is 0 Å². The molecule has 108 valence electrons. The highest BCUT2D eigenvalue weighted by Crippen LogP contribution is 2.41. The number of nitriles is 1. The Balaban J connectivity index is 2.17. The van der Waals surface area contributed by atoms with Crippen molar-refractivity contribution in [3.05, 3.63) is 88.8 Å². The molecule has 0 bridgehead atoms. The smallest absolute Gasteiger partial charge is 0.205 e. The molecule has 0 aromatic heterocycles. The number of rotatable bonds is 2. The predicted octanol–water partition coefficient (Wildman–Crippen LogP) is 3.93. The van der Waals surface area contributed by atoms with Gasteiger partial charge in [-0.05, 0) is 18.1 Å². The molecule has 0 fully saturated rings. The standard InChI is InChI=1S/C19H16N2O/c1-13-17(14-8-4-2-5-9-14)16(12-20)19(21)22-18(13)15-10-6-3-7-11-15/h2-11,17H,21H2,1H3/t17-/m1/s1. The maximum absolute atomic E-state index is 9.48. The van der Waals surface area contributed by atoms with Gasteiger partial charge < -0.3 is 10.5 Å². The Morgan fingerprint density at radius 2 is 1.59 bits per heavy atom. The third kappa shape index (κ3) is 2.36. The number of hydrogen-bond acceptors (Lipinski definition) is 3. The van der Waals surface area contributed by atoms with Crippen LogP contribution in [0.5, 0.6) is 0 Å². The Hall–Kier alpha value is -2.99. The van der Waals surface area contributed by atoms with E-state index in [0.29, 0.717) is 5.57 Å². The van der Waals surface area contributed by atoms with Crippen LogP contribution >= 0.6 is 0 Å². The number of hydrogen-bond donors (Lipinski definition) is 1. The van der Waals surface area contributed by atoms with Crippen LogP contribution in [0.1, 0.15) is 24.0 Å². The lowest BCUT2D eigenvalue weighted by Crippen LogP contribution is -2.19. The van der Waals surface area contributed by atoms with Gasteiger partial charge in [0.05, 0.1) is 0 Å². The van der Waals surface area contributed by atoms with E-state index in [4.69, 9.17) is 10.5 Å². The van der Waals surface area contributed by atoms with E-state index in [0.717, 1.165) is 22.5 Å². The van der Waals surface area contributed by atoms with Gasteiger partial charge in [0.2, 0.25) is 5.88 Å². The maximum atomic E-state index is 9.48. The van der Waals surface area contributed by atoms with Gasteiger partial charge in [-0.2, -0.15) is 5.26 Å². The molecule has 2 N–H and O–H groups in total. The molecule has 2 aromatic carbocycles. The normalized spacial score (nSPS) is 17.9. The molecule has 22 heavy (non-hydrogen) atoms. The highest BCUT2D eigenvalue weighted by atomic mass is 16.5. The van der Waals surface area contributed by atoms with E-state index >= 15 is 0 Å². The van der Waals surface area contributed by atoms with Crippen LogP contribution in [0.15, 0.2) is 77.7 Å². The van der Waals surface area contributed by atoms with Crippen molar-refractivity contribution in [1.82, 2.24) is 0 Å². The number of nitrogens with zero attached hydrogens (tertiary/aromatic N) is 1. The first-order valence-electron chi connectivity index (χ1n) is 7.11. The zero-order valence-electron chi connectivity index (χ0n) is 12.3. The summed E-state index contributed by atoms with van der Waals surface area (Å²) in [5.74, 6) is 0.738. The molecule has 3 nitrogen and oxygen atoms in total. The van der Waals surface area contributed by atoms with Gasteiger partial charge in [-0.25, -0.2) is 0 Å². The molecule has 3 heteroatoms. The molecule has 1 aliphatic rings. The minimum atomic E-state index is -0.171. The van der Waals surface area contributed by atoms with Crippen LogP contribution in [0.25, 0.3) is 5.76 Å². The van der Waals surface area contributed by atoms with Gasteiger partial charge in [0, 0.05) is 11.5 Å².